The van der Waals surface area contributed by atoms with Crippen LogP contribution < -0.4 is 0 Å². The van der Waals surface area contributed by atoms with Gasteiger partial charge in [-0.25, -0.2) is 8.42 Å². The Balaban J connectivity index is 1.62. The molecular formula is C18H26N4O3S. The molecule has 0 spiro atoms. The van der Waals surface area contributed by atoms with Crippen LogP contribution in [0.25, 0.3) is 0 Å². The molecule has 0 saturated carbocycles. The van der Waals surface area contributed by atoms with E-state index in [1.54, 1.807) is 23.4 Å². The van der Waals surface area contributed by atoms with E-state index in [9.17, 15) is 8.42 Å². The second kappa shape index (κ2) is 7.85. The number of benzene rings is 1. The van der Waals surface area contributed by atoms with Crippen molar-refractivity contribution < 1.29 is 12.8 Å². The highest BCUT2D eigenvalue weighted by Crippen LogP contribution is 2.23. The molecule has 26 heavy (non-hydrogen) atoms. The monoisotopic (exact) mass is 378 g/mol. The lowest BCUT2D eigenvalue weighted by Gasteiger charge is -2.33. The van der Waals surface area contributed by atoms with E-state index >= 15 is 0 Å². The summed E-state index contributed by atoms with van der Waals surface area (Å²) in [7, 11) is -3.45. The minimum atomic E-state index is -3.45. The molecule has 0 unspecified atom stereocenters. The molecule has 0 N–H and O–H groups in total. The van der Waals surface area contributed by atoms with Gasteiger partial charge in [0.15, 0.2) is 0 Å². The molecule has 7 nitrogen and oxygen atoms in total. The number of rotatable bonds is 6. The molecule has 0 radical (unpaired) electrons. The first-order valence-electron chi connectivity index (χ1n) is 9.01. The summed E-state index contributed by atoms with van der Waals surface area (Å²) >= 11 is 0. The van der Waals surface area contributed by atoms with Gasteiger partial charge in [-0.1, -0.05) is 26.0 Å². The average Bonchev–Trinajstić information content (AvgIpc) is 3.06. The predicted octanol–water partition coefficient (Wildman–Crippen LogP) is 2.40. The van der Waals surface area contributed by atoms with Crippen molar-refractivity contribution >= 4 is 10.0 Å². The molecule has 2 heterocycles. The normalized spacial score (nSPS) is 18.1. The van der Waals surface area contributed by atoms with Gasteiger partial charge >= 0.3 is 0 Å². The molecule has 1 fully saturated rings. The molecule has 8 heteroatoms. The van der Waals surface area contributed by atoms with Gasteiger partial charge in [0, 0.05) is 33.1 Å². The van der Waals surface area contributed by atoms with Crippen molar-refractivity contribution in [2.45, 2.75) is 44.6 Å². The number of nitrogens with zero attached hydrogens (tertiary/aromatic N) is 4. The zero-order valence-corrected chi connectivity index (χ0v) is 16.4. The summed E-state index contributed by atoms with van der Waals surface area (Å²) in [4.78, 5) is 2.50. The van der Waals surface area contributed by atoms with Gasteiger partial charge in [0.1, 0.15) is 0 Å². The number of hydrogen-bond acceptors (Lipinski definition) is 6. The SMILES string of the molecule is CC[C@H](C)c1ccc(S(=O)(=O)N2CCN(Cc3nnc(C)o3)CC2)cc1. The maximum absolute atomic E-state index is 12.9. The van der Waals surface area contributed by atoms with Gasteiger partial charge in [0.25, 0.3) is 0 Å². The highest BCUT2D eigenvalue weighted by Gasteiger charge is 2.29. The Hall–Kier alpha value is -1.77. The van der Waals surface area contributed by atoms with Crippen LogP contribution in [0, 0.1) is 6.92 Å². The molecule has 1 aliphatic heterocycles. The summed E-state index contributed by atoms with van der Waals surface area (Å²) < 4.78 is 32.7. The summed E-state index contributed by atoms with van der Waals surface area (Å²) in [5.41, 5.74) is 1.17. The summed E-state index contributed by atoms with van der Waals surface area (Å²) in [6, 6.07) is 7.30. The van der Waals surface area contributed by atoms with E-state index in [-0.39, 0.29) is 0 Å². The number of piperazine rings is 1. The Bertz CT molecular complexity index is 824. The zero-order valence-electron chi connectivity index (χ0n) is 15.6. The van der Waals surface area contributed by atoms with Gasteiger partial charge in [0.2, 0.25) is 21.8 Å². The Morgan fingerprint density at radius 2 is 1.77 bits per heavy atom. The Kier molecular flexibility index (Phi) is 5.74. The first kappa shape index (κ1) is 19.0. The molecule has 2 aromatic rings. The maximum Gasteiger partial charge on any atom is 0.243 e. The lowest BCUT2D eigenvalue weighted by Crippen LogP contribution is -2.48. The molecule has 1 aromatic heterocycles. The molecule has 1 atom stereocenters. The van der Waals surface area contributed by atoms with Crippen LogP contribution in [0.4, 0.5) is 0 Å². The van der Waals surface area contributed by atoms with E-state index in [4.69, 9.17) is 4.42 Å². The second-order valence-electron chi connectivity index (χ2n) is 6.77. The van der Waals surface area contributed by atoms with Crippen LogP contribution in [0.2, 0.25) is 0 Å². The molecule has 1 aromatic carbocycles. The fourth-order valence-corrected chi connectivity index (χ4v) is 4.50. The molecule has 3 rings (SSSR count). The van der Waals surface area contributed by atoms with Gasteiger partial charge in [-0.15, -0.1) is 10.2 Å². The van der Waals surface area contributed by atoms with Gasteiger partial charge in [-0.05, 0) is 30.0 Å². The lowest BCUT2D eigenvalue weighted by atomic mass is 9.99. The van der Waals surface area contributed by atoms with E-state index in [2.05, 4.69) is 28.9 Å². The smallest absolute Gasteiger partial charge is 0.243 e. The van der Waals surface area contributed by atoms with Crippen LogP contribution in [0.15, 0.2) is 33.6 Å². The van der Waals surface area contributed by atoms with E-state index in [1.807, 2.05) is 12.1 Å². The Labute approximate surface area is 155 Å². The van der Waals surface area contributed by atoms with Gasteiger partial charge in [0.05, 0.1) is 11.4 Å². The van der Waals surface area contributed by atoms with E-state index < -0.39 is 10.0 Å². The fourth-order valence-electron chi connectivity index (χ4n) is 3.07. The summed E-state index contributed by atoms with van der Waals surface area (Å²) in [5, 5.41) is 7.82. The third-order valence-electron chi connectivity index (χ3n) is 4.96. The van der Waals surface area contributed by atoms with Crippen molar-refractivity contribution in [2.24, 2.45) is 0 Å². The van der Waals surface area contributed by atoms with E-state index in [1.165, 1.54) is 5.56 Å². The molecular weight excluding hydrogens is 352 g/mol. The zero-order chi connectivity index (χ0) is 18.7. The van der Waals surface area contributed by atoms with Crippen LogP contribution in [0.3, 0.4) is 0 Å². The Morgan fingerprint density at radius 1 is 1.12 bits per heavy atom. The van der Waals surface area contributed by atoms with E-state index in [0.717, 1.165) is 6.42 Å². The third kappa shape index (κ3) is 4.13. The van der Waals surface area contributed by atoms with Crippen LogP contribution in [-0.2, 0) is 16.6 Å². The predicted molar refractivity (Wildman–Crippen MR) is 98.2 cm³/mol. The summed E-state index contributed by atoms with van der Waals surface area (Å²) in [5.74, 6) is 1.55. The standard InChI is InChI=1S/C18H26N4O3S/c1-4-14(2)16-5-7-17(8-6-16)26(23,24)22-11-9-21(10-12-22)13-18-20-19-15(3)25-18/h5-8,14H,4,9-13H2,1-3H3/t14-/m0/s1. The first-order chi connectivity index (χ1) is 12.4. The number of hydrogen-bond donors (Lipinski definition) is 0. The van der Waals surface area contributed by atoms with Crippen molar-refractivity contribution in [1.29, 1.82) is 0 Å². The van der Waals surface area contributed by atoms with Crippen LogP contribution >= 0.6 is 0 Å². The van der Waals surface area contributed by atoms with E-state index in [0.29, 0.717) is 55.3 Å². The van der Waals surface area contributed by atoms with Crippen molar-refractivity contribution in [3.63, 3.8) is 0 Å². The number of sulfonamides is 1. The molecule has 0 amide bonds. The minimum Gasteiger partial charge on any atom is -0.424 e. The highest BCUT2D eigenvalue weighted by atomic mass is 32.2. The number of aryl methyl sites for hydroxylation is 1. The highest BCUT2D eigenvalue weighted by molar-refractivity contribution is 7.89. The van der Waals surface area contributed by atoms with Crippen molar-refractivity contribution in [1.82, 2.24) is 19.4 Å². The lowest BCUT2D eigenvalue weighted by molar-refractivity contribution is 0.167. The topological polar surface area (TPSA) is 79.5 Å². The first-order valence-corrected chi connectivity index (χ1v) is 10.5. The van der Waals surface area contributed by atoms with Crippen LogP contribution in [-0.4, -0.2) is 54.0 Å². The Morgan fingerprint density at radius 3 is 2.31 bits per heavy atom. The second-order valence-corrected chi connectivity index (χ2v) is 8.71. The van der Waals surface area contributed by atoms with Gasteiger partial charge in [-0.2, -0.15) is 4.31 Å². The van der Waals surface area contributed by atoms with Crippen molar-refractivity contribution in [2.75, 3.05) is 26.2 Å². The molecule has 0 bridgehead atoms. The summed E-state index contributed by atoms with van der Waals surface area (Å²) in [6.45, 7) is 8.80. The van der Waals surface area contributed by atoms with Crippen LogP contribution in [0.1, 0.15) is 43.5 Å². The summed E-state index contributed by atoms with van der Waals surface area (Å²) in [6.07, 6.45) is 1.04. The fraction of sp³-hybridized carbons (Fsp3) is 0.556. The number of aromatic nitrogens is 2. The van der Waals surface area contributed by atoms with Gasteiger partial charge < -0.3 is 4.42 Å². The largest absolute Gasteiger partial charge is 0.424 e. The minimum absolute atomic E-state index is 0.366. The average molecular weight is 378 g/mol. The molecule has 1 saturated heterocycles. The molecule has 1 aliphatic rings. The van der Waals surface area contributed by atoms with Crippen molar-refractivity contribution in [3.05, 3.63) is 41.6 Å². The molecule has 142 valence electrons. The quantitative estimate of drug-likeness (QED) is 0.768. The van der Waals surface area contributed by atoms with Crippen LogP contribution in [0.5, 0.6) is 0 Å². The van der Waals surface area contributed by atoms with Crippen molar-refractivity contribution in [3.8, 4) is 0 Å². The van der Waals surface area contributed by atoms with Gasteiger partial charge in [-0.3, -0.25) is 4.90 Å². The maximum atomic E-state index is 12.9. The third-order valence-corrected chi connectivity index (χ3v) is 6.87. The molecule has 0 aliphatic carbocycles.